The quantitative estimate of drug-likeness (QED) is 0.762. The standard InChI is InChI=1S/C20H24N4O/c1-5-23(14(2)3)17-11-9-16(10-12-17)21-20(25)18-13-24-15(4)7-6-8-19(24)22-18/h6-14H,5H2,1-4H3,(H,21,25). The maximum Gasteiger partial charge on any atom is 0.275 e. The molecule has 0 bridgehead atoms. The Balaban J connectivity index is 1.77. The summed E-state index contributed by atoms with van der Waals surface area (Å²) < 4.78 is 1.92. The highest BCUT2D eigenvalue weighted by Gasteiger charge is 2.13. The second-order valence-corrected chi connectivity index (χ2v) is 6.40. The molecule has 2 aromatic heterocycles. The highest BCUT2D eigenvalue weighted by atomic mass is 16.1. The number of nitrogens with one attached hydrogen (secondary N) is 1. The van der Waals surface area contributed by atoms with Crippen LogP contribution in [0.15, 0.2) is 48.7 Å². The van der Waals surface area contributed by atoms with Crippen LogP contribution in [0, 0.1) is 6.92 Å². The third-order valence-electron chi connectivity index (χ3n) is 4.35. The summed E-state index contributed by atoms with van der Waals surface area (Å²) in [6.45, 7) is 9.42. The maximum absolute atomic E-state index is 12.5. The van der Waals surface area contributed by atoms with Gasteiger partial charge in [0.2, 0.25) is 0 Å². The minimum Gasteiger partial charge on any atom is -0.369 e. The van der Waals surface area contributed by atoms with Gasteiger partial charge in [-0.1, -0.05) is 6.07 Å². The maximum atomic E-state index is 12.5. The topological polar surface area (TPSA) is 49.6 Å². The molecule has 0 atom stereocenters. The number of pyridine rings is 1. The van der Waals surface area contributed by atoms with Gasteiger partial charge in [-0.3, -0.25) is 4.79 Å². The van der Waals surface area contributed by atoms with Gasteiger partial charge in [0.1, 0.15) is 11.3 Å². The Hall–Kier alpha value is -2.82. The Morgan fingerprint density at radius 1 is 1.20 bits per heavy atom. The molecule has 1 amide bonds. The molecule has 2 heterocycles. The molecule has 0 saturated carbocycles. The number of imidazole rings is 1. The normalized spacial score (nSPS) is 11.1. The SMILES string of the molecule is CCN(c1ccc(NC(=O)c2cn3c(C)cccc3n2)cc1)C(C)C. The van der Waals surface area contributed by atoms with Crippen molar-refractivity contribution in [2.24, 2.45) is 0 Å². The fourth-order valence-electron chi connectivity index (χ4n) is 3.04. The fourth-order valence-corrected chi connectivity index (χ4v) is 3.04. The molecule has 130 valence electrons. The number of rotatable bonds is 5. The van der Waals surface area contributed by atoms with E-state index in [4.69, 9.17) is 0 Å². The monoisotopic (exact) mass is 336 g/mol. The molecule has 0 aliphatic heterocycles. The predicted octanol–water partition coefficient (Wildman–Crippen LogP) is 4.13. The van der Waals surface area contributed by atoms with E-state index in [9.17, 15) is 4.79 Å². The van der Waals surface area contributed by atoms with Gasteiger partial charge in [0.05, 0.1) is 0 Å². The largest absolute Gasteiger partial charge is 0.369 e. The number of aryl methyl sites for hydroxylation is 1. The van der Waals surface area contributed by atoms with E-state index in [1.165, 1.54) is 0 Å². The Labute approximate surface area is 148 Å². The molecule has 0 radical (unpaired) electrons. The third-order valence-corrected chi connectivity index (χ3v) is 4.35. The summed E-state index contributed by atoms with van der Waals surface area (Å²) in [7, 11) is 0. The zero-order valence-electron chi connectivity index (χ0n) is 15.2. The average molecular weight is 336 g/mol. The second-order valence-electron chi connectivity index (χ2n) is 6.40. The predicted molar refractivity (Wildman–Crippen MR) is 102 cm³/mol. The molecule has 5 nitrogen and oxygen atoms in total. The van der Waals surface area contributed by atoms with Crippen LogP contribution in [-0.4, -0.2) is 27.9 Å². The Kier molecular flexibility index (Phi) is 4.74. The highest BCUT2D eigenvalue weighted by Crippen LogP contribution is 2.20. The summed E-state index contributed by atoms with van der Waals surface area (Å²) in [5, 5.41) is 2.92. The molecule has 0 spiro atoms. The van der Waals surface area contributed by atoms with Crippen LogP contribution in [0.25, 0.3) is 5.65 Å². The Morgan fingerprint density at radius 2 is 1.92 bits per heavy atom. The molecule has 1 aromatic carbocycles. The van der Waals surface area contributed by atoms with E-state index in [0.717, 1.165) is 29.3 Å². The van der Waals surface area contributed by atoms with Crippen molar-refractivity contribution >= 4 is 22.9 Å². The summed E-state index contributed by atoms with van der Waals surface area (Å²) in [4.78, 5) is 19.2. The highest BCUT2D eigenvalue weighted by molar-refractivity contribution is 6.03. The number of carbonyl (C=O) groups excluding carboxylic acids is 1. The smallest absolute Gasteiger partial charge is 0.275 e. The summed E-state index contributed by atoms with van der Waals surface area (Å²) in [5.41, 5.74) is 4.15. The van der Waals surface area contributed by atoms with Crippen molar-refractivity contribution in [3.63, 3.8) is 0 Å². The summed E-state index contributed by atoms with van der Waals surface area (Å²) >= 11 is 0. The lowest BCUT2D eigenvalue weighted by Crippen LogP contribution is -2.30. The van der Waals surface area contributed by atoms with E-state index in [2.05, 4.69) is 36.0 Å². The first-order chi connectivity index (χ1) is 12.0. The van der Waals surface area contributed by atoms with Crippen molar-refractivity contribution in [2.45, 2.75) is 33.7 Å². The number of hydrogen-bond donors (Lipinski definition) is 1. The number of anilines is 2. The Morgan fingerprint density at radius 3 is 2.52 bits per heavy atom. The zero-order chi connectivity index (χ0) is 18.0. The first-order valence-electron chi connectivity index (χ1n) is 8.62. The van der Waals surface area contributed by atoms with Gasteiger partial charge in [-0.2, -0.15) is 0 Å². The molecule has 1 N–H and O–H groups in total. The van der Waals surface area contributed by atoms with Crippen LogP contribution in [0.1, 0.15) is 37.0 Å². The van der Waals surface area contributed by atoms with Crippen LogP contribution in [0.2, 0.25) is 0 Å². The first-order valence-corrected chi connectivity index (χ1v) is 8.62. The zero-order valence-corrected chi connectivity index (χ0v) is 15.2. The molecule has 0 aliphatic carbocycles. The second kappa shape index (κ2) is 6.97. The molecule has 0 unspecified atom stereocenters. The summed E-state index contributed by atoms with van der Waals surface area (Å²) in [6.07, 6.45) is 1.77. The number of aromatic nitrogens is 2. The lowest BCUT2D eigenvalue weighted by atomic mass is 10.2. The number of nitrogens with zero attached hydrogens (tertiary/aromatic N) is 3. The molecule has 3 aromatic rings. The minimum atomic E-state index is -0.202. The third kappa shape index (κ3) is 3.50. The van der Waals surface area contributed by atoms with Crippen molar-refractivity contribution in [1.82, 2.24) is 9.38 Å². The molecule has 0 saturated heterocycles. The average Bonchev–Trinajstić information content (AvgIpc) is 3.02. The van der Waals surface area contributed by atoms with Crippen LogP contribution in [0.3, 0.4) is 0 Å². The van der Waals surface area contributed by atoms with Crippen LogP contribution < -0.4 is 10.2 Å². The first kappa shape index (κ1) is 17.0. The van der Waals surface area contributed by atoms with Gasteiger partial charge in [-0.25, -0.2) is 4.98 Å². The summed E-state index contributed by atoms with van der Waals surface area (Å²) in [6, 6.07) is 14.2. The van der Waals surface area contributed by atoms with Gasteiger partial charge in [0.15, 0.2) is 0 Å². The van der Waals surface area contributed by atoms with Crippen molar-refractivity contribution in [2.75, 3.05) is 16.8 Å². The Bertz CT molecular complexity index is 880. The van der Waals surface area contributed by atoms with Crippen LogP contribution in [-0.2, 0) is 0 Å². The van der Waals surface area contributed by atoms with Crippen molar-refractivity contribution in [3.05, 3.63) is 60.0 Å². The van der Waals surface area contributed by atoms with E-state index in [1.54, 1.807) is 6.20 Å². The minimum absolute atomic E-state index is 0.202. The summed E-state index contributed by atoms with van der Waals surface area (Å²) in [5.74, 6) is -0.202. The molecular weight excluding hydrogens is 312 g/mol. The van der Waals surface area contributed by atoms with Crippen LogP contribution >= 0.6 is 0 Å². The lowest BCUT2D eigenvalue weighted by molar-refractivity contribution is 0.102. The van der Waals surface area contributed by atoms with E-state index in [1.807, 2.05) is 53.8 Å². The van der Waals surface area contributed by atoms with Gasteiger partial charge in [0.25, 0.3) is 5.91 Å². The van der Waals surface area contributed by atoms with Crippen molar-refractivity contribution < 1.29 is 4.79 Å². The molecule has 3 rings (SSSR count). The molecule has 5 heteroatoms. The molecular formula is C20H24N4O. The van der Waals surface area contributed by atoms with Gasteiger partial charge >= 0.3 is 0 Å². The number of benzene rings is 1. The van der Waals surface area contributed by atoms with Crippen LogP contribution in [0.5, 0.6) is 0 Å². The number of amides is 1. The van der Waals surface area contributed by atoms with E-state index < -0.39 is 0 Å². The molecule has 0 fully saturated rings. The lowest BCUT2D eigenvalue weighted by Gasteiger charge is -2.27. The van der Waals surface area contributed by atoms with Gasteiger partial charge in [-0.05, 0) is 64.1 Å². The molecule has 0 aliphatic rings. The fraction of sp³-hybridized carbons (Fsp3) is 0.300. The van der Waals surface area contributed by atoms with Crippen molar-refractivity contribution in [1.29, 1.82) is 0 Å². The van der Waals surface area contributed by atoms with E-state index in [-0.39, 0.29) is 5.91 Å². The number of hydrogen-bond acceptors (Lipinski definition) is 3. The molecule has 25 heavy (non-hydrogen) atoms. The van der Waals surface area contributed by atoms with Crippen molar-refractivity contribution in [3.8, 4) is 0 Å². The van der Waals surface area contributed by atoms with Crippen LogP contribution in [0.4, 0.5) is 11.4 Å². The van der Waals surface area contributed by atoms with Gasteiger partial charge in [-0.15, -0.1) is 0 Å². The van der Waals surface area contributed by atoms with E-state index >= 15 is 0 Å². The number of fused-ring (bicyclic) bond motifs is 1. The van der Waals surface area contributed by atoms with E-state index in [0.29, 0.717) is 11.7 Å². The van der Waals surface area contributed by atoms with Gasteiger partial charge in [0, 0.05) is 35.9 Å². The van der Waals surface area contributed by atoms with Gasteiger partial charge < -0.3 is 14.6 Å². The number of carbonyl (C=O) groups is 1.